The van der Waals surface area contributed by atoms with Gasteiger partial charge in [0.25, 0.3) is 5.91 Å². The Labute approximate surface area is 169 Å². The SMILES string of the molecule is NC1CCC(Nc2c(C(=O)Nc3ccc(Cl)cc3)cnc3ccccc23)CC1. The van der Waals surface area contributed by atoms with Gasteiger partial charge in [0.15, 0.2) is 0 Å². The second-order valence-electron chi connectivity index (χ2n) is 7.28. The molecule has 0 atom stereocenters. The Morgan fingerprint density at radius 2 is 1.75 bits per heavy atom. The molecule has 2 aromatic carbocycles. The fourth-order valence-electron chi connectivity index (χ4n) is 3.67. The van der Waals surface area contributed by atoms with Crippen LogP contribution in [0.2, 0.25) is 5.02 Å². The van der Waals surface area contributed by atoms with Crippen LogP contribution in [0.1, 0.15) is 36.0 Å². The number of halogens is 1. The summed E-state index contributed by atoms with van der Waals surface area (Å²) in [7, 11) is 0. The molecule has 0 bridgehead atoms. The van der Waals surface area contributed by atoms with Gasteiger partial charge < -0.3 is 16.4 Å². The van der Waals surface area contributed by atoms with E-state index in [1.54, 1.807) is 30.5 Å². The highest BCUT2D eigenvalue weighted by atomic mass is 35.5. The molecule has 1 aliphatic carbocycles. The summed E-state index contributed by atoms with van der Waals surface area (Å²) >= 11 is 5.93. The van der Waals surface area contributed by atoms with E-state index >= 15 is 0 Å². The van der Waals surface area contributed by atoms with Gasteiger partial charge in [0.1, 0.15) is 0 Å². The average molecular weight is 395 g/mol. The molecule has 144 valence electrons. The molecular weight excluding hydrogens is 372 g/mol. The molecule has 0 saturated heterocycles. The molecule has 1 aliphatic rings. The number of benzene rings is 2. The first kappa shape index (κ1) is 18.7. The van der Waals surface area contributed by atoms with Crippen molar-refractivity contribution in [3.8, 4) is 0 Å². The van der Waals surface area contributed by atoms with Gasteiger partial charge >= 0.3 is 0 Å². The van der Waals surface area contributed by atoms with E-state index in [1.165, 1.54) is 0 Å². The number of nitrogens with zero attached hydrogens (tertiary/aromatic N) is 1. The van der Waals surface area contributed by atoms with E-state index in [9.17, 15) is 4.79 Å². The second kappa shape index (κ2) is 8.17. The van der Waals surface area contributed by atoms with Crippen molar-refractivity contribution < 1.29 is 4.79 Å². The van der Waals surface area contributed by atoms with Crippen LogP contribution < -0.4 is 16.4 Å². The number of pyridine rings is 1. The first-order valence-corrected chi connectivity index (χ1v) is 9.95. The van der Waals surface area contributed by atoms with E-state index in [1.807, 2.05) is 24.3 Å². The number of aromatic nitrogens is 1. The average Bonchev–Trinajstić information content (AvgIpc) is 2.71. The molecule has 1 amide bonds. The summed E-state index contributed by atoms with van der Waals surface area (Å²) in [6.45, 7) is 0. The number of rotatable bonds is 4. The zero-order chi connectivity index (χ0) is 19.5. The topological polar surface area (TPSA) is 80.0 Å². The molecule has 4 N–H and O–H groups in total. The number of fused-ring (bicyclic) bond motifs is 1. The lowest BCUT2D eigenvalue weighted by atomic mass is 9.91. The lowest BCUT2D eigenvalue weighted by molar-refractivity contribution is 0.102. The number of nitrogens with two attached hydrogens (primary N) is 1. The van der Waals surface area contributed by atoms with E-state index in [0.29, 0.717) is 22.3 Å². The van der Waals surface area contributed by atoms with Gasteiger partial charge in [0, 0.05) is 34.4 Å². The molecule has 0 aliphatic heterocycles. The highest BCUT2D eigenvalue weighted by Gasteiger charge is 2.22. The van der Waals surface area contributed by atoms with Crippen LogP contribution in [0.4, 0.5) is 11.4 Å². The van der Waals surface area contributed by atoms with Crippen molar-refractivity contribution in [1.82, 2.24) is 4.98 Å². The minimum Gasteiger partial charge on any atom is -0.381 e. The summed E-state index contributed by atoms with van der Waals surface area (Å²) in [5, 5.41) is 8.12. The molecule has 1 fully saturated rings. The van der Waals surface area contributed by atoms with Gasteiger partial charge in [0.05, 0.1) is 16.8 Å². The summed E-state index contributed by atoms with van der Waals surface area (Å²) in [4.78, 5) is 17.5. The fourth-order valence-corrected chi connectivity index (χ4v) is 3.79. The number of hydrogen-bond donors (Lipinski definition) is 3. The normalized spacial score (nSPS) is 19.4. The minimum absolute atomic E-state index is 0.199. The zero-order valence-electron chi connectivity index (χ0n) is 15.5. The Bertz CT molecular complexity index is 981. The number of para-hydroxylation sites is 1. The molecule has 1 aromatic heterocycles. The third-order valence-corrected chi connectivity index (χ3v) is 5.49. The quantitative estimate of drug-likeness (QED) is 0.592. The Morgan fingerprint density at radius 3 is 2.50 bits per heavy atom. The maximum Gasteiger partial charge on any atom is 0.259 e. The van der Waals surface area contributed by atoms with E-state index in [-0.39, 0.29) is 11.9 Å². The Hall–Kier alpha value is -2.63. The minimum atomic E-state index is -0.199. The van der Waals surface area contributed by atoms with Gasteiger partial charge in [0.2, 0.25) is 0 Å². The fraction of sp³-hybridized carbons (Fsp3) is 0.273. The van der Waals surface area contributed by atoms with Crippen LogP contribution >= 0.6 is 11.6 Å². The van der Waals surface area contributed by atoms with Crippen molar-refractivity contribution >= 4 is 39.8 Å². The summed E-state index contributed by atoms with van der Waals surface area (Å²) in [6, 6.07) is 15.5. The van der Waals surface area contributed by atoms with Crippen molar-refractivity contribution in [2.24, 2.45) is 5.73 Å². The maximum atomic E-state index is 13.0. The van der Waals surface area contributed by atoms with Gasteiger partial charge in [-0.3, -0.25) is 9.78 Å². The van der Waals surface area contributed by atoms with Crippen LogP contribution in [0.3, 0.4) is 0 Å². The Kier molecular flexibility index (Phi) is 5.46. The molecule has 4 rings (SSSR count). The predicted octanol–water partition coefficient (Wildman–Crippen LogP) is 4.82. The molecule has 1 heterocycles. The van der Waals surface area contributed by atoms with Crippen LogP contribution in [-0.2, 0) is 0 Å². The molecular formula is C22H23ClN4O. The number of hydrogen-bond acceptors (Lipinski definition) is 4. The first-order chi connectivity index (χ1) is 13.6. The molecule has 28 heavy (non-hydrogen) atoms. The monoisotopic (exact) mass is 394 g/mol. The van der Waals surface area contributed by atoms with Gasteiger partial charge in [-0.05, 0) is 56.0 Å². The number of amides is 1. The predicted molar refractivity (Wildman–Crippen MR) is 115 cm³/mol. The van der Waals surface area contributed by atoms with Crippen LogP contribution in [0.5, 0.6) is 0 Å². The highest BCUT2D eigenvalue weighted by molar-refractivity contribution is 6.30. The van der Waals surface area contributed by atoms with Crippen LogP contribution in [-0.4, -0.2) is 23.0 Å². The highest BCUT2D eigenvalue weighted by Crippen LogP contribution is 2.30. The molecule has 1 saturated carbocycles. The van der Waals surface area contributed by atoms with E-state index < -0.39 is 0 Å². The van der Waals surface area contributed by atoms with Crippen LogP contribution in [0.15, 0.2) is 54.7 Å². The smallest absolute Gasteiger partial charge is 0.259 e. The van der Waals surface area contributed by atoms with Crippen molar-refractivity contribution in [2.75, 3.05) is 10.6 Å². The Morgan fingerprint density at radius 1 is 1.04 bits per heavy atom. The second-order valence-corrected chi connectivity index (χ2v) is 7.72. The lowest BCUT2D eigenvalue weighted by Gasteiger charge is -2.28. The molecule has 6 heteroatoms. The third-order valence-electron chi connectivity index (χ3n) is 5.24. The van der Waals surface area contributed by atoms with Crippen molar-refractivity contribution in [3.05, 3.63) is 65.3 Å². The molecule has 5 nitrogen and oxygen atoms in total. The van der Waals surface area contributed by atoms with Gasteiger partial charge in [-0.15, -0.1) is 0 Å². The molecule has 0 spiro atoms. The Balaban J connectivity index is 1.66. The van der Waals surface area contributed by atoms with Crippen molar-refractivity contribution in [2.45, 2.75) is 37.8 Å². The number of carbonyl (C=O) groups excluding carboxylic acids is 1. The zero-order valence-corrected chi connectivity index (χ0v) is 16.2. The number of nitrogens with one attached hydrogen (secondary N) is 2. The summed E-state index contributed by atoms with van der Waals surface area (Å²) in [5.74, 6) is -0.199. The van der Waals surface area contributed by atoms with Crippen LogP contribution in [0, 0.1) is 0 Å². The third kappa shape index (κ3) is 4.11. The maximum absolute atomic E-state index is 13.0. The molecule has 0 unspecified atom stereocenters. The summed E-state index contributed by atoms with van der Waals surface area (Å²) in [6.07, 6.45) is 5.62. The molecule has 0 radical (unpaired) electrons. The lowest BCUT2D eigenvalue weighted by Crippen LogP contribution is -2.33. The van der Waals surface area contributed by atoms with Crippen molar-refractivity contribution in [1.29, 1.82) is 0 Å². The summed E-state index contributed by atoms with van der Waals surface area (Å²) in [5.41, 5.74) is 8.96. The standard InChI is InChI=1S/C22H23ClN4O/c23-14-5-9-17(10-6-14)27-22(28)19-13-25-20-4-2-1-3-18(20)21(19)26-16-11-7-15(24)8-12-16/h1-6,9-10,13,15-16H,7-8,11-12,24H2,(H,25,26)(H,27,28). The van der Waals surface area contributed by atoms with Gasteiger partial charge in [-0.25, -0.2) is 0 Å². The number of anilines is 2. The van der Waals surface area contributed by atoms with E-state index in [4.69, 9.17) is 17.3 Å². The van der Waals surface area contributed by atoms with Crippen LogP contribution in [0.25, 0.3) is 10.9 Å². The largest absolute Gasteiger partial charge is 0.381 e. The first-order valence-electron chi connectivity index (χ1n) is 9.57. The summed E-state index contributed by atoms with van der Waals surface area (Å²) < 4.78 is 0. The van der Waals surface area contributed by atoms with Gasteiger partial charge in [-0.2, -0.15) is 0 Å². The van der Waals surface area contributed by atoms with E-state index in [2.05, 4.69) is 15.6 Å². The number of carbonyl (C=O) groups is 1. The molecule has 3 aromatic rings. The van der Waals surface area contributed by atoms with Gasteiger partial charge in [-0.1, -0.05) is 29.8 Å². The van der Waals surface area contributed by atoms with Crippen molar-refractivity contribution in [3.63, 3.8) is 0 Å². The van der Waals surface area contributed by atoms with E-state index in [0.717, 1.165) is 42.3 Å².